The van der Waals surface area contributed by atoms with Gasteiger partial charge in [-0.05, 0) is 24.3 Å². The number of halogens is 1. The molecule has 35 heavy (non-hydrogen) atoms. The van der Waals surface area contributed by atoms with E-state index in [2.05, 4.69) is 10.1 Å². The van der Waals surface area contributed by atoms with Crippen LogP contribution in [0.1, 0.15) is 12.0 Å². The second-order valence-corrected chi connectivity index (χ2v) is 8.39. The van der Waals surface area contributed by atoms with Gasteiger partial charge in [-0.25, -0.2) is 9.67 Å². The van der Waals surface area contributed by atoms with Gasteiger partial charge in [0, 0.05) is 35.9 Å². The van der Waals surface area contributed by atoms with Crippen LogP contribution in [0, 0.1) is 0 Å². The molecule has 0 aliphatic carbocycles. The number of esters is 1. The maximum atomic E-state index is 12.6. The van der Waals surface area contributed by atoms with E-state index in [1.165, 1.54) is 21.8 Å². The van der Waals surface area contributed by atoms with Crippen molar-refractivity contribution in [2.24, 2.45) is 7.05 Å². The number of rotatable bonds is 7. The number of benzene rings is 2. The van der Waals surface area contributed by atoms with Crippen LogP contribution >= 0.6 is 11.6 Å². The van der Waals surface area contributed by atoms with E-state index in [0.717, 1.165) is 16.8 Å². The Hall–Kier alpha value is -4.24. The summed E-state index contributed by atoms with van der Waals surface area (Å²) in [6, 6.07) is 17.0. The molecule has 0 amide bonds. The van der Waals surface area contributed by atoms with Gasteiger partial charge >= 0.3 is 5.97 Å². The number of ether oxygens (including phenoxy) is 1. The summed E-state index contributed by atoms with van der Waals surface area (Å²) in [6.45, 7) is 0.196. The van der Waals surface area contributed by atoms with Crippen molar-refractivity contribution in [2.75, 3.05) is 0 Å². The quantitative estimate of drug-likeness (QED) is 0.323. The van der Waals surface area contributed by atoms with Crippen molar-refractivity contribution < 1.29 is 9.53 Å². The van der Waals surface area contributed by atoms with Gasteiger partial charge in [-0.15, -0.1) is 0 Å². The van der Waals surface area contributed by atoms with Crippen LogP contribution in [0.2, 0.25) is 5.02 Å². The summed E-state index contributed by atoms with van der Waals surface area (Å²) in [5, 5.41) is 9.80. The number of para-hydroxylation sites is 1. The Bertz CT molecular complexity index is 1550. The van der Waals surface area contributed by atoms with Crippen LogP contribution in [-0.2, 0) is 29.7 Å². The van der Waals surface area contributed by atoms with Gasteiger partial charge in [0.15, 0.2) is 5.65 Å². The molecule has 0 atom stereocenters. The van der Waals surface area contributed by atoms with E-state index in [4.69, 9.17) is 21.4 Å². The van der Waals surface area contributed by atoms with Gasteiger partial charge in [-0.3, -0.25) is 18.8 Å². The summed E-state index contributed by atoms with van der Waals surface area (Å²) < 4.78 is 10.2. The summed E-state index contributed by atoms with van der Waals surface area (Å²) in [5.74, 6) is -0.433. The van der Waals surface area contributed by atoms with E-state index in [1.807, 2.05) is 48.7 Å². The molecular formula is C25H21ClN6O3. The Labute approximate surface area is 205 Å². The molecule has 5 aromatic rings. The Morgan fingerprint density at radius 2 is 1.86 bits per heavy atom. The molecule has 2 aromatic carbocycles. The Kier molecular flexibility index (Phi) is 6.15. The molecule has 0 aliphatic rings. The lowest BCUT2D eigenvalue weighted by Gasteiger charge is -2.07. The maximum Gasteiger partial charge on any atom is 0.307 e. The molecule has 0 spiro atoms. The molecule has 10 heteroatoms. The van der Waals surface area contributed by atoms with Crippen molar-refractivity contribution in [3.05, 3.63) is 94.3 Å². The van der Waals surface area contributed by atoms with Gasteiger partial charge in [0.2, 0.25) is 0 Å². The fourth-order valence-electron chi connectivity index (χ4n) is 3.75. The van der Waals surface area contributed by atoms with E-state index in [9.17, 15) is 9.59 Å². The monoisotopic (exact) mass is 488 g/mol. The topological polar surface area (TPSA) is 96.8 Å². The standard InChI is InChI=1S/C25H21ClN6O3/c1-30-24-21(13-28-30)25(34)31(16-27-24)12-11-22(33)35-15-18-14-32(20-5-3-2-4-6-20)29-23(18)17-7-9-19(26)10-8-17/h2-10,13-14,16H,11-12,15H2,1H3. The minimum Gasteiger partial charge on any atom is -0.461 e. The van der Waals surface area contributed by atoms with Crippen molar-refractivity contribution >= 4 is 28.6 Å². The smallest absolute Gasteiger partial charge is 0.307 e. The molecule has 0 saturated carbocycles. The molecule has 9 nitrogen and oxygen atoms in total. The molecule has 0 N–H and O–H groups in total. The molecule has 3 heterocycles. The second-order valence-electron chi connectivity index (χ2n) is 7.95. The van der Waals surface area contributed by atoms with E-state index in [1.54, 1.807) is 23.9 Å². The molecule has 5 rings (SSSR count). The number of fused-ring (bicyclic) bond motifs is 1. The van der Waals surface area contributed by atoms with Gasteiger partial charge in [-0.1, -0.05) is 41.9 Å². The van der Waals surface area contributed by atoms with Gasteiger partial charge in [0.1, 0.15) is 12.0 Å². The molecule has 0 fully saturated rings. The molecule has 0 aliphatic heterocycles. The first-order chi connectivity index (χ1) is 17.0. The highest BCUT2D eigenvalue weighted by Crippen LogP contribution is 2.26. The normalized spacial score (nSPS) is 11.1. The molecule has 0 radical (unpaired) electrons. The number of hydrogen-bond donors (Lipinski definition) is 0. The van der Waals surface area contributed by atoms with E-state index in [0.29, 0.717) is 21.7 Å². The fraction of sp³-hybridized carbons (Fsp3) is 0.160. The average Bonchev–Trinajstić information content (AvgIpc) is 3.48. The Morgan fingerprint density at radius 1 is 1.09 bits per heavy atom. The van der Waals surface area contributed by atoms with Crippen LogP contribution in [0.4, 0.5) is 0 Å². The molecule has 0 bridgehead atoms. The third-order valence-corrected chi connectivity index (χ3v) is 5.84. The Balaban J connectivity index is 1.31. The van der Waals surface area contributed by atoms with Crippen molar-refractivity contribution in [1.29, 1.82) is 0 Å². The summed E-state index contributed by atoms with van der Waals surface area (Å²) in [6.07, 6.45) is 4.76. The highest BCUT2D eigenvalue weighted by Gasteiger charge is 2.15. The number of nitrogens with zero attached hydrogens (tertiary/aromatic N) is 6. The summed E-state index contributed by atoms with van der Waals surface area (Å²) in [4.78, 5) is 29.4. The predicted octanol–water partition coefficient (Wildman–Crippen LogP) is 3.77. The fourth-order valence-corrected chi connectivity index (χ4v) is 3.87. The lowest BCUT2D eigenvalue weighted by atomic mass is 10.1. The van der Waals surface area contributed by atoms with Crippen molar-refractivity contribution in [1.82, 2.24) is 29.1 Å². The summed E-state index contributed by atoms with van der Waals surface area (Å²) >= 11 is 6.04. The third kappa shape index (κ3) is 4.71. The molecule has 3 aromatic heterocycles. The van der Waals surface area contributed by atoms with Crippen molar-refractivity contribution in [2.45, 2.75) is 19.6 Å². The van der Waals surface area contributed by atoms with Gasteiger partial charge < -0.3 is 4.74 Å². The van der Waals surface area contributed by atoms with E-state index >= 15 is 0 Å². The number of carbonyl (C=O) groups is 1. The number of carbonyl (C=O) groups excluding carboxylic acids is 1. The molecular weight excluding hydrogens is 468 g/mol. The van der Waals surface area contributed by atoms with E-state index < -0.39 is 5.97 Å². The molecule has 176 valence electrons. The number of aromatic nitrogens is 6. The zero-order valence-electron chi connectivity index (χ0n) is 18.8. The number of aryl methyl sites for hydroxylation is 2. The van der Waals surface area contributed by atoms with Crippen LogP contribution in [-0.4, -0.2) is 35.1 Å². The highest BCUT2D eigenvalue weighted by molar-refractivity contribution is 6.30. The lowest BCUT2D eigenvalue weighted by Crippen LogP contribution is -2.22. The van der Waals surface area contributed by atoms with Gasteiger partial charge in [-0.2, -0.15) is 10.2 Å². The number of hydrogen-bond acceptors (Lipinski definition) is 6. The van der Waals surface area contributed by atoms with Crippen molar-refractivity contribution in [3.63, 3.8) is 0 Å². The predicted molar refractivity (Wildman–Crippen MR) is 131 cm³/mol. The van der Waals surface area contributed by atoms with Gasteiger partial charge in [0.05, 0.1) is 30.3 Å². The maximum absolute atomic E-state index is 12.6. The van der Waals surface area contributed by atoms with Crippen LogP contribution in [0.5, 0.6) is 0 Å². The SMILES string of the molecule is Cn1ncc2c(=O)n(CCC(=O)OCc3cn(-c4ccccc4)nc3-c3ccc(Cl)cc3)cnc21. The first kappa shape index (κ1) is 22.5. The average molecular weight is 489 g/mol. The van der Waals surface area contributed by atoms with E-state index in [-0.39, 0.29) is 25.1 Å². The first-order valence-electron chi connectivity index (χ1n) is 10.9. The van der Waals surface area contributed by atoms with Crippen LogP contribution in [0.3, 0.4) is 0 Å². The minimum absolute atomic E-state index is 0.0243. The first-order valence-corrected chi connectivity index (χ1v) is 11.3. The van der Waals surface area contributed by atoms with Gasteiger partial charge in [0.25, 0.3) is 5.56 Å². The zero-order valence-corrected chi connectivity index (χ0v) is 19.6. The minimum atomic E-state index is -0.433. The van der Waals surface area contributed by atoms with Crippen LogP contribution in [0.25, 0.3) is 28.0 Å². The second kappa shape index (κ2) is 9.55. The summed E-state index contributed by atoms with van der Waals surface area (Å²) in [7, 11) is 1.72. The van der Waals surface area contributed by atoms with Crippen LogP contribution in [0.15, 0.2) is 78.1 Å². The Morgan fingerprint density at radius 3 is 2.63 bits per heavy atom. The summed E-state index contributed by atoms with van der Waals surface area (Å²) in [5.41, 5.74) is 3.44. The highest BCUT2D eigenvalue weighted by atomic mass is 35.5. The van der Waals surface area contributed by atoms with Crippen LogP contribution < -0.4 is 5.56 Å². The molecule has 0 unspecified atom stereocenters. The third-order valence-electron chi connectivity index (χ3n) is 5.59. The molecule has 0 saturated heterocycles. The van der Waals surface area contributed by atoms with Crippen molar-refractivity contribution in [3.8, 4) is 16.9 Å². The largest absolute Gasteiger partial charge is 0.461 e. The zero-order chi connectivity index (χ0) is 24.4. The lowest BCUT2D eigenvalue weighted by molar-refractivity contribution is -0.145.